The van der Waals surface area contributed by atoms with Crippen LogP contribution in [0.4, 0.5) is 5.82 Å². The number of ether oxygens (including phenoxy) is 1. The monoisotopic (exact) mass is 278 g/mol. The highest BCUT2D eigenvalue weighted by molar-refractivity contribution is 5.43. The molecule has 2 rings (SSSR count). The lowest BCUT2D eigenvalue weighted by atomic mass is 10.1. The number of nitrogens with zero attached hydrogens (tertiary/aromatic N) is 2. The van der Waals surface area contributed by atoms with Crippen molar-refractivity contribution >= 4 is 5.82 Å². The van der Waals surface area contributed by atoms with Gasteiger partial charge in [-0.15, -0.1) is 0 Å². The molecule has 0 aliphatic carbocycles. The fraction of sp³-hybridized carbons (Fsp3) is 0.688. The average molecular weight is 278 g/mol. The van der Waals surface area contributed by atoms with E-state index in [-0.39, 0.29) is 6.61 Å². The maximum absolute atomic E-state index is 9.41. The van der Waals surface area contributed by atoms with Crippen LogP contribution in [-0.4, -0.2) is 35.9 Å². The highest BCUT2D eigenvalue weighted by atomic mass is 16.5. The third kappa shape index (κ3) is 3.70. The lowest BCUT2D eigenvalue weighted by molar-refractivity contribution is 0.0458. The Bertz CT molecular complexity index is 426. The summed E-state index contributed by atoms with van der Waals surface area (Å²) in [6, 6.07) is 4.01. The molecule has 0 aromatic carbocycles. The Balaban J connectivity index is 2.10. The summed E-state index contributed by atoms with van der Waals surface area (Å²) in [5.74, 6) is 1.37. The molecule has 4 nitrogen and oxygen atoms in total. The molecule has 1 saturated heterocycles. The molecule has 1 fully saturated rings. The Hall–Kier alpha value is -1.13. The number of hydrogen-bond donors (Lipinski definition) is 1. The van der Waals surface area contributed by atoms with Crippen LogP contribution in [0.3, 0.4) is 0 Å². The molecule has 0 atom stereocenters. The van der Waals surface area contributed by atoms with E-state index in [1.807, 2.05) is 19.1 Å². The maximum atomic E-state index is 9.41. The summed E-state index contributed by atoms with van der Waals surface area (Å²) in [6.45, 7) is 9.13. The molecule has 2 heterocycles. The highest BCUT2D eigenvalue weighted by Crippen LogP contribution is 2.24. The lowest BCUT2D eigenvalue weighted by Crippen LogP contribution is -2.37. The Labute approximate surface area is 121 Å². The number of rotatable bonds is 5. The molecule has 0 radical (unpaired) electrons. The van der Waals surface area contributed by atoms with Gasteiger partial charge in [-0.05, 0) is 43.4 Å². The number of pyridine rings is 1. The van der Waals surface area contributed by atoms with Crippen LogP contribution in [0.5, 0.6) is 0 Å². The van der Waals surface area contributed by atoms with Gasteiger partial charge < -0.3 is 14.7 Å². The van der Waals surface area contributed by atoms with Crippen LogP contribution < -0.4 is 4.90 Å². The summed E-state index contributed by atoms with van der Waals surface area (Å²) in [5.41, 5.74) is 2.00. The fourth-order valence-electron chi connectivity index (χ4n) is 2.63. The van der Waals surface area contributed by atoms with Crippen LogP contribution in [0.1, 0.15) is 50.8 Å². The van der Waals surface area contributed by atoms with Crippen molar-refractivity contribution in [2.45, 2.75) is 52.2 Å². The predicted molar refractivity (Wildman–Crippen MR) is 81.1 cm³/mol. The summed E-state index contributed by atoms with van der Waals surface area (Å²) in [4.78, 5) is 7.06. The molecule has 4 heteroatoms. The van der Waals surface area contributed by atoms with Gasteiger partial charge in [-0.25, -0.2) is 4.98 Å². The van der Waals surface area contributed by atoms with Crippen molar-refractivity contribution in [3.8, 4) is 0 Å². The average Bonchev–Trinajstić information content (AvgIpc) is 2.47. The van der Waals surface area contributed by atoms with E-state index in [0.717, 1.165) is 49.6 Å². The summed E-state index contributed by atoms with van der Waals surface area (Å²) in [7, 11) is 0. The van der Waals surface area contributed by atoms with Crippen LogP contribution in [0.2, 0.25) is 0 Å². The molecule has 0 saturated carbocycles. The summed E-state index contributed by atoms with van der Waals surface area (Å²) < 4.78 is 5.69. The summed E-state index contributed by atoms with van der Waals surface area (Å²) >= 11 is 0. The first-order valence-electron chi connectivity index (χ1n) is 7.62. The number of hydrogen-bond acceptors (Lipinski definition) is 4. The van der Waals surface area contributed by atoms with Crippen molar-refractivity contribution in [3.63, 3.8) is 0 Å². The maximum Gasteiger partial charge on any atom is 0.129 e. The minimum Gasteiger partial charge on any atom is -0.392 e. The Morgan fingerprint density at radius 2 is 2.05 bits per heavy atom. The zero-order valence-electron chi connectivity index (χ0n) is 12.8. The molecule has 112 valence electrons. The Morgan fingerprint density at radius 3 is 2.60 bits per heavy atom. The van der Waals surface area contributed by atoms with E-state index in [2.05, 4.69) is 18.7 Å². The minimum absolute atomic E-state index is 0.0741. The first-order chi connectivity index (χ1) is 9.63. The van der Waals surface area contributed by atoms with Crippen molar-refractivity contribution in [2.75, 3.05) is 24.6 Å². The molecule has 1 aromatic heterocycles. The van der Waals surface area contributed by atoms with Crippen LogP contribution >= 0.6 is 0 Å². The van der Waals surface area contributed by atoms with Crippen molar-refractivity contribution < 1.29 is 9.84 Å². The Morgan fingerprint density at radius 1 is 1.35 bits per heavy atom. The minimum atomic E-state index is 0.0741. The summed E-state index contributed by atoms with van der Waals surface area (Å²) in [6.07, 6.45) is 2.49. The summed E-state index contributed by atoms with van der Waals surface area (Å²) in [5, 5.41) is 9.41. The highest BCUT2D eigenvalue weighted by Gasteiger charge is 2.21. The van der Waals surface area contributed by atoms with Gasteiger partial charge in [0.1, 0.15) is 5.82 Å². The van der Waals surface area contributed by atoms with E-state index in [4.69, 9.17) is 9.72 Å². The second-order valence-electron chi connectivity index (χ2n) is 5.71. The second-order valence-corrected chi connectivity index (χ2v) is 5.71. The van der Waals surface area contributed by atoms with Gasteiger partial charge in [0.25, 0.3) is 0 Å². The molecule has 1 N–H and O–H groups in total. The van der Waals surface area contributed by atoms with E-state index in [1.165, 1.54) is 0 Å². The third-order valence-corrected chi connectivity index (χ3v) is 3.83. The van der Waals surface area contributed by atoms with Gasteiger partial charge in [0.15, 0.2) is 0 Å². The van der Waals surface area contributed by atoms with E-state index in [1.54, 1.807) is 0 Å². The fourth-order valence-corrected chi connectivity index (χ4v) is 2.63. The molecule has 20 heavy (non-hydrogen) atoms. The van der Waals surface area contributed by atoms with Gasteiger partial charge in [-0.1, -0.05) is 13.8 Å². The number of aliphatic hydroxyl groups is 1. The smallest absolute Gasteiger partial charge is 0.129 e. The SMILES string of the molecule is CCOC1CCN(c2cc(CO)cc(C(C)C)n2)CC1. The van der Waals surface area contributed by atoms with Crippen molar-refractivity contribution in [1.82, 2.24) is 4.98 Å². The zero-order chi connectivity index (χ0) is 14.5. The molecule has 0 spiro atoms. The number of piperidine rings is 1. The molecular formula is C16H26N2O2. The van der Waals surface area contributed by atoms with E-state index in [0.29, 0.717) is 12.0 Å². The van der Waals surface area contributed by atoms with Gasteiger partial charge in [-0.2, -0.15) is 0 Å². The van der Waals surface area contributed by atoms with Crippen LogP contribution in [0, 0.1) is 0 Å². The van der Waals surface area contributed by atoms with E-state index in [9.17, 15) is 5.11 Å². The first kappa shape index (κ1) is 15.3. The van der Waals surface area contributed by atoms with Crippen molar-refractivity contribution in [1.29, 1.82) is 0 Å². The molecule has 0 bridgehead atoms. The second kappa shape index (κ2) is 7.04. The van der Waals surface area contributed by atoms with Gasteiger partial charge in [0.05, 0.1) is 12.7 Å². The number of aliphatic hydroxyl groups excluding tert-OH is 1. The largest absolute Gasteiger partial charge is 0.392 e. The zero-order valence-corrected chi connectivity index (χ0v) is 12.8. The van der Waals surface area contributed by atoms with Crippen molar-refractivity contribution in [2.24, 2.45) is 0 Å². The first-order valence-corrected chi connectivity index (χ1v) is 7.62. The van der Waals surface area contributed by atoms with Gasteiger partial charge in [0.2, 0.25) is 0 Å². The van der Waals surface area contributed by atoms with Crippen molar-refractivity contribution in [3.05, 3.63) is 23.4 Å². The lowest BCUT2D eigenvalue weighted by Gasteiger charge is -2.33. The molecular weight excluding hydrogens is 252 g/mol. The molecule has 1 aliphatic heterocycles. The third-order valence-electron chi connectivity index (χ3n) is 3.83. The molecule has 1 aliphatic rings. The van der Waals surface area contributed by atoms with Gasteiger partial charge in [-0.3, -0.25) is 0 Å². The number of aromatic nitrogens is 1. The molecule has 1 aromatic rings. The predicted octanol–water partition coefficient (Wildman–Crippen LogP) is 2.70. The normalized spacial score (nSPS) is 16.9. The van der Waals surface area contributed by atoms with Crippen LogP contribution in [-0.2, 0) is 11.3 Å². The molecule has 0 amide bonds. The van der Waals surface area contributed by atoms with Gasteiger partial charge in [0, 0.05) is 25.4 Å². The number of anilines is 1. The quantitative estimate of drug-likeness (QED) is 0.899. The van der Waals surface area contributed by atoms with E-state index >= 15 is 0 Å². The molecule has 0 unspecified atom stereocenters. The van der Waals surface area contributed by atoms with Crippen LogP contribution in [0.15, 0.2) is 12.1 Å². The van der Waals surface area contributed by atoms with Crippen LogP contribution in [0.25, 0.3) is 0 Å². The van der Waals surface area contributed by atoms with Gasteiger partial charge >= 0.3 is 0 Å². The van der Waals surface area contributed by atoms with E-state index < -0.39 is 0 Å². The Kier molecular flexibility index (Phi) is 5.38. The topological polar surface area (TPSA) is 45.6 Å². The standard InChI is InChI=1S/C16H26N2O2/c1-4-20-14-5-7-18(8-6-14)16-10-13(11-19)9-15(17-16)12(2)3/h9-10,12,14,19H,4-8,11H2,1-3H3.